The van der Waals surface area contributed by atoms with Crippen molar-refractivity contribution in [3.8, 4) is 6.07 Å². The van der Waals surface area contributed by atoms with Crippen molar-refractivity contribution in [3.05, 3.63) is 34.5 Å². The van der Waals surface area contributed by atoms with Crippen molar-refractivity contribution < 1.29 is 18.7 Å². The second kappa shape index (κ2) is 7.61. The van der Waals surface area contributed by atoms with Gasteiger partial charge in [0.25, 0.3) is 5.91 Å². The van der Waals surface area contributed by atoms with Crippen LogP contribution in [0.4, 0.5) is 0 Å². The van der Waals surface area contributed by atoms with Gasteiger partial charge in [-0.15, -0.1) is 0 Å². The fourth-order valence-electron chi connectivity index (χ4n) is 3.41. The molecule has 1 aliphatic rings. The molecule has 142 valence electrons. The molecule has 0 spiro atoms. The fraction of sp³-hybridized carbons (Fsp3) is 0.450. The number of rotatable bonds is 4. The molecule has 1 amide bonds. The highest BCUT2D eigenvalue weighted by atomic mass is 35.5. The molecule has 1 saturated carbocycles. The Morgan fingerprint density at radius 2 is 2.04 bits per heavy atom. The number of hydrogen-bond acceptors (Lipinski definition) is 5. The van der Waals surface area contributed by atoms with Gasteiger partial charge < -0.3 is 14.5 Å². The van der Waals surface area contributed by atoms with Crippen LogP contribution in [0.25, 0.3) is 11.0 Å². The van der Waals surface area contributed by atoms with E-state index in [1.807, 2.05) is 0 Å². The van der Waals surface area contributed by atoms with Gasteiger partial charge in [-0.05, 0) is 44.9 Å². The van der Waals surface area contributed by atoms with Crippen molar-refractivity contribution in [2.24, 2.45) is 0 Å². The lowest BCUT2D eigenvalue weighted by molar-refractivity contribution is -0.130. The van der Waals surface area contributed by atoms with Crippen molar-refractivity contribution in [1.29, 1.82) is 5.26 Å². The van der Waals surface area contributed by atoms with Gasteiger partial charge in [0.2, 0.25) is 5.76 Å². The zero-order chi connectivity index (χ0) is 19.6. The highest BCUT2D eigenvalue weighted by Gasteiger charge is 2.35. The summed E-state index contributed by atoms with van der Waals surface area (Å²) in [4.78, 5) is 24.9. The molecule has 3 rings (SSSR count). The Hall–Kier alpha value is -2.52. The van der Waals surface area contributed by atoms with Crippen molar-refractivity contribution in [1.82, 2.24) is 5.32 Å². The average Bonchev–Trinajstić information content (AvgIpc) is 2.98. The number of nitriles is 1. The van der Waals surface area contributed by atoms with Crippen LogP contribution in [0.15, 0.2) is 22.6 Å². The van der Waals surface area contributed by atoms with Gasteiger partial charge in [0.05, 0.1) is 6.07 Å². The normalized spacial score (nSPS) is 17.1. The van der Waals surface area contributed by atoms with Crippen LogP contribution in [0.5, 0.6) is 0 Å². The second-order valence-electron chi connectivity index (χ2n) is 6.99. The maximum Gasteiger partial charge on any atom is 0.375 e. The van der Waals surface area contributed by atoms with Crippen LogP contribution in [0, 0.1) is 18.3 Å². The predicted octanol–water partition coefficient (Wildman–Crippen LogP) is 4.28. The Morgan fingerprint density at radius 3 is 2.70 bits per heavy atom. The molecule has 1 aliphatic carbocycles. The molecular formula is C20H21ClN2O4. The number of fused-ring (bicyclic) bond motifs is 1. The van der Waals surface area contributed by atoms with Crippen LogP contribution in [-0.2, 0) is 9.53 Å². The molecule has 6 nitrogen and oxygen atoms in total. The van der Waals surface area contributed by atoms with Crippen LogP contribution in [0.2, 0.25) is 5.02 Å². The van der Waals surface area contributed by atoms with Crippen molar-refractivity contribution in [2.45, 2.75) is 57.6 Å². The van der Waals surface area contributed by atoms with E-state index in [-0.39, 0.29) is 5.76 Å². The summed E-state index contributed by atoms with van der Waals surface area (Å²) in [6, 6.07) is 7.28. The van der Waals surface area contributed by atoms with E-state index in [1.165, 1.54) is 6.92 Å². The van der Waals surface area contributed by atoms with Gasteiger partial charge in [0.15, 0.2) is 6.10 Å². The number of aryl methyl sites for hydroxylation is 1. The van der Waals surface area contributed by atoms with E-state index in [0.29, 0.717) is 29.0 Å². The maximum absolute atomic E-state index is 12.5. The van der Waals surface area contributed by atoms with Gasteiger partial charge >= 0.3 is 5.97 Å². The molecule has 1 heterocycles. The van der Waals surface area contributed by atoms with Gasteiger partial charge in [-0.3, -0.25) is 4.79 Å². The van der Waals surface area contributed by atoms with Crippen molar-refractivity contribution in [2.75, 3.05) is 0 Å². The third kappa shape index (κ3) is 3.93. The summed E-state index contributed by atoms with van der Waals surface area (Å²) in [6.07, 6.45) is 3.02. The monoisotopic (exact) mass is 388 g/mol. The number of hydrogen-bond donors (Lipinski definition) is 1. The highest BCUT2D eigenvalue weighted by Crippen LogP contribution is 2.29. The summed E-state index contributed by atoms with van der Waals surface area (Å²) < 4.78 is 10.9. The fourth-order valence-corrected chi connectivity index (χ4v) is 3.59. The van der Waals surface area contributed by atoms with Gasteiger partial charge in [0.1, 0.15) is 11.1 Å². The van der Waals surface area contributed by atoms with E-state index in [0.717, 1.165) is 24.6 Å². The van der Waals surface area contributed by atoms with Gasteiger partial charge in [0, 0.05) is 16.0 Å². The third-order valence-electron chi connectivity index (χ3n) is 5.02. The maximum atomic E-state index is 12.5. The smallest absolute Gasteiger partial charge is 0.375 e. The molecular weight excluding hydrogens is 368 g/mol. The van der Waals surface area contributed by atoms with Gasteiger partial charge in [-0.2, -0.15) is 5.26 Å². The third-order valence-corrected chi connectivity index (χ3v) is 5.26. The Bertz CT molecular complexity index is 922. The quantitative estimate of drug-likeness (QED) is 0.789. The summed E-state index contributed by atoms with van der Waals surface area (Å²) in [5.74, 6) is -1.17. The van der Waals surface area contributed by atoms with Crippen LogP contribution in [0.3, 0.4) is 0 Å². The summed E-state index contributed by atoms with van der Waals surface area (Å²) in [6.45, 7) is 3.21. The molecule has 2 aromatic rings. The molecule has 27 heavy (non-hydrogen) atoms. The topological polar surface area (TPSA) is 92.3 Å². The standard InChI is InChI=1S/C20H21ClN2O4/c1-12-15-10-14(21)6-7-16(15)27-17(12)19(25)26-13(2)18(24)23-20(11-22)8-4-3-5-9-20/h6-7,10,13H,3-5,8-9H2,1-2H3,(H,23,24)/t13-/m1/s1. The summed E-state index contributed by atoms with van der Waals surface area (Å²) in [5.41, 5.74) is 0.250. The molecule has 0 saturated heterocycles. The molecule has 1 N–H and O–H groups in total. The van der Waals surface area contributed by atoms with E-state index in [1.54, 1.807) is 25.1 Å². The molecule has 1 fully saturated rings. The average molecular weight is 389 g/mol. The van der Waals surface area contributed by atoms with Gasteiger partial charge in [-0.1, -0.05) is 30.9 Å². The minimum Gasteiger partial charge on any atom is -0.449 e. The number of nitrogens with zero attached hydrogens (tertiary/aromatic N) is 1. The largest absolute Gasteiger partial charge is 0.449 e. The molecule has 0 unspecified atom stereocenters. The van der Waals surface area contributed by atoms with Crippen LogP contribution in [-0.4, -0.2) is 23.5 Å². The van der Waals surface area contributed by atoms with Crippen molar-refractivity contribution in [3.63, 3.8) is 0 Å². The first-order valence-electron chi connectivity index (χ1n) is 8.98. The highest BCUT2D eigenvalue weighted by molar-refractivity contribution is 6.31. The first-order chi connectivity index (χ1) is 12.8. The number of carbonyl (C=O) groups excluding carboxylic acids is 2. The van der Waals surface area contributed by atoms with E-state index in [4.69, 9.17) is 20.8 Å². The van der Waals surface area contributed by atoms with Crippen LogP contribution in [0.1, 0.15) is 55.1 Å². The number of esters is 1. The number of furan rings is 1. The SMILES string of the molecule is Cc1c(C(=O)O[C@H](C)C(=O)NC2(C#N)CCCCC2)oc2ccc(Cl)cc12. The minimum atomic E-state index is -1.04. The molecule has 1 atom stereocenters. The number of ether oxygens (including phenoxy) is 1. The summed E-state index contributed by atoms with van der Waals surface area (Å²) in [5, 5.41) is 13.5. The van der Waals surface area contributed by atoms with Gasteiger partial charge in [-0.25, -0.2) is 4.79 Å². The Balaban J connectivity index is 1.71. The minimum absolute atomic E-state index is 0.0413. The second-order valence-corrected chi connectivity index (χ2v) is 7.42. The van der Waals surface area contributed by atoms with Crippen LogP contribution < -0.4 is 5.32 Å². The van der Waals surface area contributed by atoms with Crippen LogP contribution >= 0.6 is 11.6 Å². The Labute approximate surface area is 162 Å². The lowest BCUT2D eigenvalue weighted by Crippen LogP contribution is -2.52. The van der Waals surface area contributed by atoms with E-state index in [9.17, 15) is 14.9 Å². The number of amides is 1. The zero-order valence-corrected chi connectivity index (χ0v) is 16.1. The zero-order valence-electron chi connectivity index (χ0n) is 15.3. The van der Waals surface area contributed by atoms with E-state index >= 15 is 0 Å². The first kappa shape index (κ1) is 19.2. The molecule has 0 radical (unpaired) electrons. The molecule has 7 heteroatoms. The first-order valence-corrected chi connectivity index (χ1v) is 9.36. The predicted molar refractivity (Wildman–Crippen MR) is 100 cm³/mol. The number of benzene rings is 1. The Kier molecular flexibility index (Phi) is 5.43. The van der Waals surface area contributed by atoms with Crippen molar-refractivity contribution >= 4 is 34.4 Å². The summed E-state index contributed by atoms with van der Waals surface area (Å²) >= 11 is 5.99. The number of halogens is 1. The Morgan fingerprint density at radius 1 is 1.33 bits per heavy atom. The lowest BCUT2D eigenvalue weighted by atomic mass is 9.83. The number of carbonyl (C=O) groups is 2. The molecule has 0 aliphatic heterocycles. The molecule has 1 aromatic carbocycles. The van der Waals surface area contributed by atoms with E-state index in [2.05, 4.69) is 11.4 Å². The molecule has 0 bridgehead atoms. The molecule has 1 aromatic heterocycles. The lowest BCUT2D eigenvalue weighted by Gasteiger charge is -2.32. The summed E-state index contributed by atoms with van der Waals surface area (Å²) in [7, 11) is 0. The number of nitrogens with one attached hydrogen (secondary N) is 1. The van der Waals surface area contributed by atoms with E-state index < -0.39 is 23.5 Å².